The minimum atomic E-state index is -0.667. The first-order valence-corrected chi connectivity index (χ1v) is 12.0. The van der Waals surface area contributed by atoms with Crippen LogP contribution in [0.1, 0.15) is 32.8 Å². The van der Waals surface area contributed by atoms with Crippen LogP contribution in [0, 0.1) is 12.3 Å². The number of aliphatic imine (C=N–C) groups is 2. The average molecular weight is 511 g/mol. The van der Waals surface area contributed by atoms with Gasteiger partial charge in [0.2, 0.25) is 12.2 Å². The van der Waals surface area contributed by atoms with Gasteiger partial charge in [0.15, 0.2) is 0 Å². The van der Waals surface area contributed by atoms with Gasteiger partial charge >= 0.3 is 0 Å². The number of aliphatic hydroxyl groups excluding tert-OH is 3. The summed E-state index contributed by atoms with van der Waals surface area (Å²) in [5.74, 6) is 0. The number of carbonyl (C=O) groups excluding carboxylic acids is 2. The van der Waals surface area contributed by atoms with Crippen molar-refractivity contribution in [3.05, 3.63) is 23.8 Å². The van der Waals surface area contributed by atoms with Crippen molar-refractivity contribution in [3.8, 4) is 0 Å². The quantitative estimate of drug-likeness (QED) is 0.215. The lowest BCUT2D eigenvalue weighted by Gasteiger charge is -2.24. The first-order valence-electron chi connectivity index (χ1n) is 12.0. The van der Waals surface area contributed by atoms with E-state index in [0.717, 1.165) is 39.5 Å². The Morgan fingerprint density at radius 3 is 1.69 bits per heavy atom. The number of piperazine rings is 1. The Hall–Kier alpha value is -2.30. The van der Waals surface area contributed by atoms with E-state index in [1.165, 1.54) is 12.2 Å². The third-order valence-corrected chi connectivity index (χ3v) is 5.31. The minimum absolute atomic E-state index is 0.156. The Balaban J connectivity index is 0.000000462. The Morgan fingerprint density at radius 2 is 1.50 bits per heavy atom. The van der Waals surface area contributed by atoms with Crippen molar-refractivity contribution in [1.29, 1.82) is 0 Å². The predicted octanol–water partition coefficient (Wildman–Crippen LogP) is 1.28. The maximum Gasteiger partial charge on any atom is 0.240 e. The maximum absolute atomic E-state index is 10.00. The molecule has 5 N–H and O–H groups in total. The fourth-order valence-electron chi connectivity index (χ4n) is 2.33. The van der Waals surface area contributed by atoms with Crippen molar-refractivity contribution < 1.29 is 34.4 Å². The highest BCUT2D eigenvalue weighted by atomic mass is 16.6. The van der Waals surface area contributed by atoms with Crippen LogP contribution in [0.25, 0.3) is 0 Å². The van der Waals surface area contributed by atoms with E-state index in [0.29, 0.717) is 35.5 Å². The summed E-state index contributed by atoms with van der Waals surface area (Å²) in [6.45, 7) is 13.7. The third kappa shape index (κ3) is 17.2. The lowest BCUT2D eigenvalue weighted by atomic mass is 9.88. The zero-order valence-corrected chi connectivity index (χ0v) is 21.8. The summed E-state index contributed by atoms with van der Waals surface area (Å²) >= 11 is 0. The zero-order chi connectivity index (χ0) is 27.2. The molecule has 11 nitrogen and oxygen atoms in total. The second-order valence-corrected chi connectivity index (χ2v) is 8.47. The molecule has 3 aliphatic heterocycles. The Bertz CT molecular complexity index is 739. The summed E-state index contributed by atoms with van der Waals surface area (Å²) in [4.78, 5) is 26.9. The molecular weight excluding hydrogens is 468 g/mol. The lowest BCUT2D eigenvalue weighted by Crippen LogP contribution is -2.46. The third-order valence-electron chi connectivity index (χ3n) is 5.31. The summed E-state index contributed by atoms with van der Waals surface area (Å²) in [6.07, 6.45) is 4.03. The number of aliphatic hydroxyl groups is 3. The number of nitrogens with zero attached hydrogens (tertiary/aromatic N) is 2. The molecule has 3 saturated heterocycles. The summed E-state index contributed by atoms with van der Waals surface area (Å²) in [5.41, 5.74) is 0.923. The van der Waals surface area contributed by atoms with Gasteiger partial charge in [-0.05, 0) is 39.3 Å². The molecule has 3 fully saturated rings. The average Bonchev–Trinajstić information content (AvgIpc) is 3.82. The highest BCUT2D eigenvalue weighted by Gasteiger charge is 2.24. The van der Waals surface area contributed by atoms with Crippen LogP contribution in [0.3, 0.4) is 0 Å². The minimum Gasteiger partial charge on any atom is -0.396 e. The highest BCUT2D eigenvalue weighted by molar-refractivity contribution is 5.64. The van der Waals surface area contributed by atoms with E-state index in [4.69, 9.17) is 20.1 Å². The SMILES string of the molecule is C1CO1.CC1CNCCN1.CC1CO1.CCC(CO)(CO)CO.Cc1c(N=C=O)cccc1N=C=O. The van der Waals surface area contributed by atoms with Gasteiger partial charge in [-0.2, -0.15) is 9.98 Å². The molecule has 1 aromatic rings. The molecule has 11 heteroatoms. The van der Waals surface area contributed by atoms with Crippen LogP contribution >= 0.6 is 0 Å². The van der Waals surface area contributed by atoms with Crippen molar-refractivity contribution in [2.45, 2.75) is 46.3 Å². The molecule has 0 bridgehead atoms. The number of epoxide rings is 2. The topological polar surface area (TPSA) is 169 Å². The van der Waals surface area contributed by atoms with Crippen molar-refractivity contribution >= 4 is 23.5 Å². The van der Waals surface area contributed by atoms with Gasteiger partial charge in [0.05, 0.1) is 57.1 Å². The van der Waals surface area contributed by atoms with Crippen molar-refractivity contribution in [2.24, 2.45) is 15.4 Å². The maximum atomic E-state index is 10.00. The molecule has 0 radical (unpaired) electrons. The summed E-state index contributed by atoms with van der Waals surface area (Å²) < 4.78 is 9.21. The van der Waals surface area contributed by atoms with Crippen LogP contribution in [-0.4, -0.2) is 98.9 Å². The second kappa shape index (κ2) is 20.8. The Kier molecular flexibility index (Phi) is 19.5. The van der Waals surface area contributed by atoms with Gasteiger partial charge in [0.1, 0.15) is 0 Å². The fourth-order valence-corrected chi connectivity index (χ4v) is 2.33. The van der Waals surface area contributed by atoms with Gasteiger partial charge in [-0.3, -0.25) is 0 Å². The number of isocyanates is 2. The smallest absolute Gasteiger partial charge is 0.240 e. The van der Waals surface area contributed by atoms with Crippen LogP contribution in [0.5, 0.6) is 0 Å². The Labute approximate surface area is 213 Å². The van der Waals surface area contributed by atoms with Gasteiger partial charge in [-0.1, -0.05) is 13.0 Å². The van der Waals surface area contributed by atoms with E-state index in [9.17, 15) is 9.59 Å². The van der Waals surface area contributed by atoms with E-state index in [1.807, 2.05) is 6.92 Å². The molecule has 1 aromatic carbocycles. The molecule has 36 heavy (non-hydrogen) atoms. The van der Waals surface area contributed by atoms with Crippen LogP contribution < -0.4 is 10.6 Å². The normalized spacial score (nSPS) is 18.9. The van der Waals surface area contributed by atoms with Gasteiger partial charge < -0.3 is 35.4 Å². The molecule has 2 unspecified atom stereocenters. The molecule has 0 aliphatic carbocycles. The van der Waals surface area contributed by atoms with Crippen LogP contribution in [0.4, 0.5) is 11.4 Å². The summed E-state index contributed by atoms with van der Waals surface area (Å²) in [5, 5.41) is 32.6. The van der Waals surface area contributed by atoms with E-state index >= 15 is 0 Å². The van der Waals surface area contributed by atoms with Gasteiger partial charge in [-0.15, -0.1) is 0 Å². The van der Waals surface area contributed by atoms with Crippen LogP contribution in [-0.2, 0) is 19.1 Å². The number of benzene rings is 1. The number of nitrogens with one attached hydrogen (secondary N) is 2. The second-order valence-electron chi connectivity index (χ2n) is 8.47. The number of hydrogen-bond acceptors (Lipinski definition) is 11. The van der Waals surface area contributed by atoms with Crippen LogP contribution in [0.2, 0.25) is 0 Å². The number of ether oxygens (including phenoxy) is 2. The van der Waals surface area contributed by atoms with E-state index in [2.05, 4.69) is 39.2 Å². The molecule has 204 valence electrons. The van der Waals surface area contributed by atoms with E-state index < -0.39 is 5.41 Å². The molecule has 2 atom stereocenters. The largest absolute Gasteiger partial charge is 0.396 e. The molecule has 0 spiro atoms. The highest BCUT2D eigenvalue weighted by Crippen LogP contribution is 2.26. The Morgan fingerprint density at radius 1 is 1.03 bits per heavy atom. The monoisotopic (exact) mass is 510 g/mol. The summed E-state index contributed by atoms with van der Waals surface area (Å²) in [7, 11) is 0. The van der Waals surface area contributed by atoms with Crippen molar-refractivity contribution in [1.82, 2.24) is 10.6 Å². The van der Waals surface area contributed by atoms with Crippen LogP contribution in [0.15, 0.2) is 28.2 Å². The van der Waals surface area contributed by atoms with E-state index in [-0.39, 0.29) is 19.8 Å². The predicted molar refractivity (Wildman–Crippen MR) is 137 cm³/mol. The fraction of sp³-hybridized carbons (Fsp3) is 0.680. The van der Waals surface area contributed by atoms with Crippen molar-refractivity contribution in [3.63, 3.8) is 0 Å². The molecule has 4 rings (SSSR count). The van der Waals surface area contributed by atoms with Gasteiger partial charge in [0.25, 0.3) is 0 Å². The first kappa shape index (κ1) is 33.7. The molecule has 3 heterocycles. The molecule has 0 amide bonds. The van der Waals surface area contributed by atoms with Gasteiger partial charge in [0, 0.05) is 36.7 Å². The van der Waals surface area contributed by atoms with Crippen molar-refractivity contribution in [2.75, 3.05) is 59.3 Å². The summed E-state index contributed by atoms with van der Waals surface area (Å²) in [6, 6.07) is 5.61. The number of hydrogen-bond donors (Lipinski definition) is 5. The van der Waals surface area contributed by atoms with Gasteiger partial charge in [-0.25, -0.2) is 9.59 Å². The lowest BCUT2D eigenvalue weighted by molar-refractivity contribution is 0.00304. The standard InChI is InChI=1S/C9H6N2O2.C6H14O3.C5H12N2.C3H6O.C2H4O/c1-7-8(10-5-12)3-2-4-9(7)11-6-13;1-2-6(3-7,4-8)5-9;1-5-4-6-2-3-7-5;1-3-2-4-3;1-2-3-1/h2-4H,1H3;7-9H,2-5H2,1H3;5-7H,2-4H2,1H3;3H,2H2,1H3;1-2H2. The molecule has 0 saturated carbocycles. The molecular formula is C25H42N4O7. The van der Waals surface area contributed by atoms with E-state index in [1.54, 1.807) is 25.1 Å². The molecule has 3 aliphatic rings. The number of rotatable bonds is 6. The first-order chi connectivity index (χ1) is 17.3. The molecule has 0 aromatic heterocycles. The zero-order valence-electron chi connectivity index (χ0n) is 21.8.